The van der Waals surface area contributed by atoms with Gasteiger partial charge in [0.05, 0.1) is 30.6 Å². The van der Waals surface area contributed by atoms with Crippen LogP contribution in [0.2, 0.25) is 0 Å². The summed E-state index contributed by atoms with van der Waals surface area (Å²) in [7, 11) is 1.03. The van der Waals surface area contributed by atoms with Gasteiger partial charge in [0.25, 0.3) is 6.43 Å². The number of carbonyl (C=O) groups is 1. The third-order valence-corrected chi connectivity index (χ3v) is 2.35. The zero-order valence-corrected chi connectivity index (χ0v) is 10.8. The second-order valence-electron chi connectivity index (χ2n) is 3.58. The molecular formula is C11H12F2N2O5. The quantitative estimate of drug-likeness (QED) is 0.452. The monoisotopic (exact) mass is 290 g/mol. The molecule has 20 heavy (non-hydrogen) atoms. The van der Waals surface area contributed by atoms with E-state index in [4.69, 9.17) is 0 Å². The Morgan fingerprint density at radius 1 is 1.55 bits per heavy atom. The molecular weight excluding hydrogens is 278 g/mol. The summed E-state index contributed by atoms with van der Waals surface area (Å²) in [5, 5.41) is 11.0. The average Bonchev–Trinajstić information content (AvgIpc) is 2.37. The molecule has 1 heterocycles. The van der Waals surface area contributed by atoms with Gasteiger partial charge in [0.15, 0.2) is 0 Å². The highest BCUT2D eigenvalue weighted by atomic mass is 19.3. The second kappa shape index (κ2) is 6.73. The van der Waals surface area contributed by atoms with Gasteiger partial charge < -0.3 is 9.47 Å². The molecule has 0 aliphatic rings. The van der Waals surface area contributed by atoms with Crippen LogP contribution in [0.3, 0.4) is 0 Å². The van der Waals surface area contributed by atoms with Gasteiger partial charge in [-0.15, -0.1) is 0 Å². The van der Waals surface area contributed by atoms with Crippen molar-refractivity contribution in [1.29, 1.82) is 0 Å². The van der Waals surface area contributed by atoms with Crippen LogP contribution in [0.5, 0.6) is 5.75 Å². The second-order valence-corrected chi connectivity index (χ2v) is 3.58. The fourth-order valence-electron chi connectivity index (χ4n) is 1.57. The summed E-state index contributed by atoms with van der Waals surface area (Å²) in [6.07, 6.45) is -2.72. The van der Waals surface area contributed by atoms with Gasteiger partial charge in [-0.25, -0.2) is 8.78 Å². The van der Waals surface area contributed by atoms with Gasteiger partial charge in [0.2, 0.25) is 5.75 Å². The molecule has 0 N–H and O–H groups in total. The fourth-order valence-corrected chi connectivity index (χ4v) is 1.57. The zero-order chi connectivity index (χ0) is 15.3. The average molecular weight is 290 g/mol. The van der Waals surface area contributed by atoms with E-state index >= 15 is 0 Å². The molecule has 1 rings (SSSR count). The molecule has 0 aliphatic heterocycles. The first kappa shape index (κ1) is 15.7. The van der Waals surface area contributed by atoms with Gasteiger partial charge in [0.1, 0.15) is 5.69 Å². The van der Waals surface area contributed by atoms with Crippen molar-refractivity contribution in [3.63, 3.8) is 0 Å². The number of esters is 1. The van der Waals surface area contributed by atoms with Gasteiger partial charge >= 0.3 is 11.7 Å². The Balaban J connectivity index is 3.32. The van der Waals surface area contributed by atoms with Crippen molar-refractivity contribution >= 4 is 11.7 Å². The highest BCUT2D eigenvalue weighted by molar-refractivity contribution is 5.74. The molecule has 0 aliphatic carbocycles. The van der Waals surface area contributed by atoms with Crippen LogP contribution in [0, 0.1) is 10.1 Å². The van der Waals surface area contributed by atoms with Crippen molar-refractivity contribution < 1.29 is 28.0 Å². The molecule has 9 heteroatoms. The zero-order valence-electron chi connectivity index (χ0n) is 10.8. The van der Waals surface area contributed by atoms with Crippen LogP contribution < -0.4 is 4.74 Å². The van der Waals surface area contributed by atoms with Crippen molar-refractivity contribution in [2.75, 3.05) is 13.7 Å². The minimum Gasteiger partial charge on any atom is -0.490 e. The van der Waals surface area contributed by atoms with E-state index in [1.165, 1.54) is 0 Å². The minimum atomic E-state index is -2.98. The molecule has 0 spiro atoms. The van der Waals surface area contributed by atoms with E-state index in [0.29, 0.717) is 0 Å². The molecule has 0 fully saturated rings. The van der Waals surface area contributed by atoms with Crippen LogP contribution in [0.15, 0.2) is 6.20 Å². The van der Waals surface area contributed by atoms with Gasteiger partial charge in [0, 0.05) is 6.20 Å². The van der Waals surface area contributed by atoms with Crippen molar-refractivity contribution in [2.24, 2.45) is 0 Å². The Hall–Kier alpha value is -2.32. The van der Waals surface area contributed by atoms with Crippen LogP contribution >= 0.6 is 0 Å². The fraction of sp³-hybridized carbons (Fsp3) is 0.455. The Kier molecular flexibility index (Phi) is 5.30. The third-order valence-electron chi connectivity index (χ3n) is 2.35. The van der Waals surface area contributed by atoms with Gasteiger partial charge in [-0.05, 0) is 6.92 Å². The van der Waals surface area contributed by atoms with Crippen molar-refractivity contribution in [1.82, 2.24) is 4.98 Å². The van der Waals surface area contributed by atoms with Crippen molar-refractivity contribution in [3.05, 3.63) is 27.6 Å². The predicted octanol–water partition coefficient (Wildman–Crippen LogP) is 2.04. The number of hydrogen-bond acceptors (Lipinski definition) is 6. The molecule has 0 bridgehead atoms. The minimum absolute atomic E-state index is 0.0961. The van der Waals surface area contributed by atoms with Crippen LogP contribution in [-0.4, -0.2) is 29.6 Å². The Labute approximate surface area is 112 Å². The summed E-state index contributed by atoms with van der Waals surface area (Å²) in [4.78, 5) is 25.0. The van der Waals surface area contributed by atoms with E-state index in [0.717, 1.165) is 13.3 Å². The summed E-state index contributed by atoms with van der Waals surface area (Å²) >= 11 is 0. The Bertz CT molecular complexity index is 522. The predicted molar refractivity (Wildman–Crippen MR) is 62.7 cm³/mol. The number of aromatic nitrogens is 1. The Morgan fingerprint density at radius 2 is 2.20 bits per heavy atom. The smallest absolute Gasteiger partial charge is 0.333 e. The lowest BCUT2D eigenvalue weighted by atomic mass is 10.1. The molecule has 0 saturated carbocycles. The lowest BCUT2D eigenvalue weighted by Gasteiger charge is -2.10. The molecule has 1 aromatic rings. The molecule has 0 radical (unpaired) electrons. The highest BCUT2D eigenvalue weighted by Gasteiger charge is 2.30. The van der Waals surface area contributed by atoms with E-state index in [9.17, 15) is 23.7 Å². The SMILES string of the molecule is CCOC(=O)Cc1ncc(C(F)F)c(OC)c1[N+](=O)[O-]. The number of alkyl halides is 2. The largest absolute Gasteiger partial charge is 0.490 e. The van der Waals surface area contributed by atoms with Gasteiger partial charge in [-0.1, -0.05) is 0 Å². The summed E-state index contributed by atoms with van der Waals surface area (Å²) in [5.74, 6) is -1.34. The van der Waals surface area contributed by atoms with Crippen LogP contribution in [0.1, 0.15) is 24.6 Å². The first-order chi connectivity index (χ1) is 9.42. The number of pyridine rings is 1. The third kappa shape index (κ3) is 3.37. The van der Waals surface area contributed by atoms with Crippen molar-refractivity contribution in [2.45, 2.75) is 19.8 Å². The van der Waals surface area contributed by atoms with Gasteiger partial charge in [-0.2, -0.15) is 0 Å². The molecule has 0 amide bonds. The lowest BCUT2D eigenvalue weighted by molar-refractivity contribution is -0.386. The molecule has 7 nitrogen and oxygen atoms in total. The standard InChI is InChI=1S/C11H12F2N2O5/c1-3-20-8(16)4-7-9(15(17)18)10(19-2)6(5-14-7)11(12)13/h5,11H,3-4H2,1-2H3. The molecule has 0 saturated heterocycles. The molecule has 1 aromatic heterocycles. The maximum Gasteiger partial charge on any atom is 0.333 e. The number of methoxy groups -OCH3 is 1. The first-order valence-corrected chi connectivity index (χ1v) is 5.56. The maximum absolute atomic E-state index is 12.7. The highest BCUT2D eigenvalue weighted by Crippen LogP contribution is 2.38. The number of halogens is 2. The van der Waals surface area contributed by atoms with Gasteiger partial charge in [-0.3, -0.25) is 19.9 Å². The molecule has 0 atom stereocenters. The number of hydrogen-bond donors (Lipinski definition) is 0. The van der Waals surface area contributed by atoms with E-state index < -0.39 is 40.7 Å². The summed E-state index contributed by atoms with van der Waals surface area (Å²) in [6, 6.07) is 0. The van der Waals surface area contributed by atoms with E-state index in [1.807, 2.05) is 0 Å². The normalized spacial score (nSPS) is 10.4. The molecule has 110 valence electrons. The number of rotatable bonds is 6. The summed E-state index contributed by atoms with van der Waals surface area (Å²) < 4.78 is 34.8. The topological polar surface area (TPSA) is 91.6 Å². The Morgan fingerprint density at radius 3 is 2.65 bits per heavy atom. The summed E-state index contributed by atoms with van der Waals surface area (Å²) in [5.41, 5.74) is -1.74. The number of nitrogens with zero attached hydrogens (tertiary/aromatic N) is 2. The number of ether oxygens (including phenoxy) is 2. The number of carbonyl (C=O) groups excluding carboxylic acids is 1. The summed E-state index contributed by atoms with van der Waals surface area (Å²) in [6.45, 7) is 1.67. The molecule has 0 aromatic carbocycles. The van der Waals surface area contributed by atoms with Crippen molar-refractivity contribution in [3.8, 4) is 5.75 Å². The van der Waals surface area contributed by atoms with Crippen LogP contribution in [-0.2, 0) is 16.0 Å². The van der Waals surface area contributed by atoms with E-state index in [1.54, 1.807) is 6.92 Å². The van der Waals surface area contributed by atoms with E-state index in [2.05, 4.69) is 14.5 Å². The maximum atomic E-state index is 12.7. The van der Waals surface area contributed by atoms with E-state index in [-0.39, 0.29) is 12.3 Å². The number of nitro groups is 1. The van der Waals surface area contributed by atoms with Crippen LogP contribution in [0.4, 0.5) is 14.5 Å². The lowest BCUT2D eigenvalue weighted by Crippen LogP contribution is -2.12. The molecule has 0 unspecified atom stereocenters. The first-order valence-electron chi connectivity index (χ1n) is 5.56. The van der Waals surface area contributed by atoms with Crippen LogP contribution in [0.25, 0.3) is 0 Å².